The number of rotatable bonds is 6. The molecule has 0 saturated carbocycles. The smallest absolute Gasteiger partial charge is 0.132 e. The third-order valence-electron chi connectivity index (χ3n) is 2.39. The van der Waals surface area contributed by atoms with Gasteiger partial charge in [0.05, 0.1) is 0 Å². The van der Waals surface area contributed by atoms with E-state index < -0.39 is 0 Å². The van der Waals surface area contributed by atoms with E-state index in [-0.39, 0.29) is 11.6 Å². The van der Waals surface area contributed by atoms with E-state index in [4.69, 9.17) is 0 Å². The Hall–Kier alpha value is -1.18. The summed E-state index contributed by atoms with van der Waals surface area (Å²) in [4.78, 5) is 11.2. The zero-order valence-electron chi connectivity index (χ0n) is 9.13. The number of hydrogen-bond acceptors (Lipinski definition) is 1. The maximum absolute atomic E-state index is 13.2. The molecule has 0 saturated heterocycles. The highest BCUT2D eigenvalue weighted by atomic mass is 19.1. The first-order valence-corrected chi connectivity index (χ1v) is 5.49. The first kappa shape index (κ1) is 11.9. The van der Waals surface area contributed by atoms with Gasteiger partial charge in [0.25, 0.3) is 0 Å². The van der Waals surface area contributed by atoms with Gasteiger partial charge in [-0.05, 0) is 30.9 Å². The number of ketones is 1. The highest BCUT2D eigenvalue weighted by Crippen LogP contribution is 2.10. The summed E-state index contributed by atoms with van der Waals surface area (Å²) in [6, 6.07) is 6.75. The zero-order valence-corrected chi connectivity index (χ0v) is 9.13. The van der Waals surface area contributed by atoms with Crippen LogP contribution >= 0.6 is 0 Å². The maximum Gasteiger partial charge on any atom is 0.132 e. The lowest BCUT2D eigenvalue weighted by Gasteiger charge is -2.02. The van der Waals surface area contributed by atoms with Crippen molar-refractivity contribution in [3.63, 3.8) is 0 Å². The number of aryl methyl sites for hydroxylation is 1. The molecule has 15 heavy (non-hydrogen) atoms. The molecule has 0 spiro atoms. The standard InChI is InChI=1S/C13H17FO/c1-2-6-12(15)9-5-8-11-7-3-4-10-13(11)14/h3-4,7,10H,2,5-6,8-9H2,1H3. The second kappa shape index (κ2) is 6.33. The topological polar surface area (TPSA) is 17.1 Å². The Morgan fingerprint density at radius 1 is 1.27 bits per heavy atom. The summed E-state index contributed by atoms with van der Waals surface area (Å²) < 4.78 is 13.2. The van der Waals surface area contributed by atoms with Gasteiger partial charge in [0, 0.05) is 12.8 Å². The molecule has 0 fully saturated rings. The molecule has 2 heteroatoms. The first-order valence-electron chi connectivity index (χ1n) is 5.49. The van der Waals surface area contributed by atoms with Gasteiger partial charge in [-0.2, -0.15) is 0 Å². The van der Waals surface area contributed by atoms with Crippen LogP contribution in [0.1, 0.15) is 38.2 Å². The summed E-state index contributed by atoms with van der Waals surface area (Å²) in [5.74, 6) is 0.120. The van der Waals surface area contributed by atoms with Crippen molar-refractivity contribution in [1.82, 2.24) is 0 Å². The van der Waals surface area contributed by atoms with Crippen LogP contribution in [0.3, 0.4) is 0 Å². The predicted molar refractivity (Wildman–Crippen MR) is 59.3 cm³/mol. The minimum Gasteiger partial charge on any atom is -0.300 e. The minimum absolute atomic E-state index is 0.166. The van der Waals surface area contributed by atoms with E-state index in [9.17, 15) is 9.18 Å². The number of carbonyl (C=O) groups excluding carboxylic acids is 1. The van der Waals surface area contributed by atoms with Gasteiger partial charge >= 0.3 is 0 Å². The molecule has 0 heterocycles. The Morgan fingerprint density at radius 2 is 2.00 bits per heavy atom. The fourth-order valence-electron chi connectivity index (χ4n) is 1.58. The first-order chi connectivity index (χ1) is 7.24. The van der Waals surface area contributed by atoms with E-state index in [0.29, 0.717) is 24.8 Å². The summed E-state index contributed by atoms with van der Waals surface area (Å²) in [5, 5.41) is 0. The van der Waals surface area contributed by atoms with Crippen LogP contribution in [0.15, 0.2) is 24.3 Å². The molecule has 0 aliphatic carbocycles. The fraction of sp³-hybridized carbons (Fsp3) is 0.462. The number of Topliss-reactive ketones (excluding diaryl/α,β-unsaturated/α-hetero) is 1. The fourth-order valence-corrected chi connectivity index (χ4v) is 1.58. The number of hydrogen-bond donors (Lipinski definition) is 0. The average molecular weight is 208 g/mol. The van der Waals surface area contributed by atoms with E-state index >= 15 is 0 Å². The van der Waals surface area contributed by atoms with Crippen molar-refractivity contribution in [2.75, 3.05) is 0 Å². The van der Waals surface area contributed by atoms with Crippen LogP contribution in [0.5, 0.6) is 0 Å². The summed E-state index contributed by atoms with van der Waals surface area (Å²) >= 11 is 0. The van der Waals surface area contributed by atoms with Crippen LogP contribution in [-0.4, -0.2) is 5.78 Å². The van der Waals surface area contributed by atoms with E-state index in [2.05, 4.69) is 0 Å². The molecular weight excluding hydrogens is 191 g/mol. The number of halogens is 1. The molecule has 0 aliphatic rings. The highest BCUT2D eigenvalue weighted by molar-refractivity contribution is 5.78. The van der Waals surface area contributed by atoms with E-state index in [0.717, 1.165) is 12.8 Å². The van der Waals surface area contributed by atoms with Gasteiger partial charge < -0.3 is 0 Å². The normalized spacial score (nSPS) is 10.3. The molecular formula is C13H17FO. The van der Waals surface area contributed by atoms with Crippen molar-refractivity contribution in [1.29, 1.82) is 0 Å². The molecule has 0 aromatic heterocycles. The Balaban J connectivity index is 2.32. The predicted octanol–water partition coefficient (Wildman–Crippen LogP) is 3.52. The molecule has 82 valence electrons. The zero-order chi connectivity index (χ0) is 11.1. The lowest BCUT2D eigenvalue weighted by atomic mass is 10.0. The molecule has 0 unspecified atom stereocenters. The molecule has 0 atom stereocenters. The van der Waals surface area contributed by atoms with Crippen LogP contribution in [-0.2, 0) is 11.2 Å². The maximum atomic E-state index is 13.2. The molecule has 1 aromatic carbocycles. The summed E-state index contributed by atoms with van der Waals surface area (Å²) in [6.45, 7) is 1.99. The van der Waals surface area contributed by atoms with Crippen LogP contribution in [0.4, 0.5) is 4.39 Å². The molecule has 0 N–H and O–H groups in total. The van der Waals surface area contributed by atoms with E-state index in [1.54, 1.807) is 12.1 Å². The molecule has 0 bridgehead atoms. The summed E-state index contributed by atoms with van der Waals surface area (Å²) in [7, 11) is 0. The van der Waals surface area contributed by atoms with Crippen molar-refractivity contribution in [3.8, 4) is 0 Å². The SMILES string of the molecule is CCCC(=O)CCCc1ccccc1F. The average Bonchev–Trinajstić information content (AvgIpc) is 2.21. The highest BCUT2D eigenvalue weighted by Gasteiger charge is 2.03. The summed E-state index contributed by atoms with van der Waals surface area (Å²) in [5.41, 5.74) is 0.710. The third kappa shape index (κ3) is 4.24. The Kier molecular flexibility index (Phi) is 5.02. The number of carbonyl (C=O) groups is 1. The monoisotopic (exact) mass is 208 g/mol. The summed E-state index contributed by atoms with van der Waals surface area (Å²) in [6.07, 6.45) is 3.53. The third-order valence-corrected chi connectivity index (χ3v) is 2.39. The largest absolute Gasteiger partial charge is 0.300 e. The van der Waals surface area contributed by atoms with Gasteiger partial charge in [-0.1, -0.05) is 25.1 Å². The van der Waals surface area contributed by atoms with Gasteiger partial charge in [-0.15, -0.1) is 0 Å². The van der Waals surface area contributed by atoms with E-state index in [1.165, 1.54) is 6.07 Å². The molecule has 0 radical (unpaired) electrons. The van der Waals surface area contributed by atoms with Crippen molar-refractivity contribution >= 4 is 5.78 Å². The lowest BCUT2D eigenvalue weighted by Crippen LogP contribution is -1.98. The van der Waals surface area contributed by atoms with Crippen molar-refractivity contribution in [2.45, 2.75) is 39.0 Å². The molecule has 1 aromatic rings. The number of benzene rings is 1. The lowest BCUT2D eigenvalue weighted by molar-refractivity contribution is -0.119. The molecule has 0 amide bonds. The van der Waals surface area contributed by atoms with Crippen molar-refractivity contribution in [2.24, 2.45) is 0 Å². The minimum atomic E-state index is -0.166. The van der Waals surface area contributed by atoms with Gasteiger partial charge in [0.2, 0.25) is 0 Å². The Morgan fingerprint density at radius 3 is 2.67 bits per heavy atom. The van der Waals surface area contributed by atoms with Crippen LogP contribution in [0.2, 0.25) is 0 Å². The van der Waals surface area contributed by atoms with Crippen LogP contribution in [0, 0.1) is 5.82 Å². The second-order valence-electron chi connectivity index (χ2n) is 3.73. The van der Waals surface area contributed by atoms with Crippen LogP contribution in [0.25, 0.3) is 0 Å². The van der Waals surface area contributed by atoms with Crippen LogP contribution < -0.4 is 0 Å². The molecule has 1 nitrogen and oxygen atoms in total. The Labute approximate surface area is 90.3 Å². The van der Waals surface area contributed by atoms with Crippen molar-refractivity contribution in [3.05, 3.63) is 35.6 Å². The second-order valence-corrected chi connectivity index (χ2v) is 3.73. The van der Waals surface area contributed by atoms with Gasteiger partial charge in [0.1, 0.15) is 11.6 Å². The molecule has 0 aliphatic heterocycles. The van der Waals surface area contributed by atoms with Gasteiger partial charge in [-0.25, -0.2) is 4.39 Å². The van der Waals surface area contributed by atoms with Crippen molar-refractivity contribution < 1.29 is 9.18 Å². The Bertz CT molecular complexity index is 320. The van der Waals surface area contributed by atoms with E-state index in [1.807, 2.05) is 13.0 Å². The van der Waals surface area contributed by atoms with Gasteiger partial charge in [-0.3, -0.25) is 4.79 Å². The molecule has 1 rings (SSSR count). The quantitative estimate of drug-likeness (QED) is 0.699. The van der Waals surface area contributed by atoms with Gasteiger partial charge in [0.15, 0.2) is 0 Å².